The van der Waals surface area contributed by atoms with Crippen molar-refractivity contribution in [3.8, 4) is 11.3 Å². The Morgan fingerprint density at radius 2 is 1.90 bits per heavy atom. The van der Waals surface area contributed by atoms with Crippen molar-refractivity contribution >= 4 is 12.2 Å². The van der Waals surface area contributed by atoms with E-state index in [0.29, 0.717) is 23.5 Å². The van der Waals surface area contributed by atoms with Crippen LogP contribution >= 0.6 is 0 Å². The number of hydrazone groups is 1. The van der Waals surface area contributed by atoms with Crippen molar-refractivity contribution in [2.45, 2.75) is 33.5 Å². The molecule has 0 aliphatic carbocycles. The fourth-order valence-electron chi connectivity index (χ4n) is 2.66. The highest BCUT2D eigenvalue weighted by Gasteiger charge is 2.34. The van der Waals surface area contributed by atoms with Gasteiger partial charge in [0.1, 0.15) is 0 Å². The molecule has 0 aromatic carbocycles. The summed E-state index contributed by atoms with van der Waals surface area (Å²) in [6, 6.07) is 0.851. The zero-order valence-corrected chi connectivity index (χ0v) is 16.1. The van der Waals surface area contributed by atoms with Crippen molar-refractivity contribution in [1.82, 2.24) is 29.5 Å². The lowest BCUT2D eigenvalue weighted by Gasteiger charge is -2.09. The number of aryl methyl sites for hydroxylation is 4. The molecule has 3 aromatic heterocycles. The second-order valence-corrected chi connectivity index (χ2v) is 6.23. The van der Waals surface area contributed by atoms with E-state index in [0.717, 1.165) is 17.0 Å². The highest BCUT2D eigenvalue weighted by Crippen LogP contribution is 2.31. The molecule has 8 nitrogen and oxygen atoms in total. The third kappa shape index (κ3) is 4.25. The molecule has 29 heavy (non-hydrogen) atoms. The summed E-state index contributed by atoms with van der Waals surface area (Å²) in [5, 5.41) is 11.9. The molecule has 0 amide bonds. The van der Waals surface area contributed by atoms with Crippen LogP contribution in [0.15, 0.2) is 17.4 Å². The fraction of sp³-hybridized carbons (Fsp3) is 0.353. The van der Waals surface area contributed by atoms with Gasteiger partial charge in [-0.3, -0.25) is 4.68 Å². The smallest absolute Gasteiger partial charge is 0.272 e. The average molecular weight is 410 g/mol. The van der Waals surface area contributed by atoms with Crippen LogP contribution < -0.4 is 5.43 Å². The lowest BCUT2D eigenvalue weighted by atomic mass is 10.1. The lowest BCUT2D eigenvalue weighted by Crippen LogP contribution is -2.11. The summed E-state index contributed by atoms with van der Waals surface area (Å²) >= 11 is 0. The van der Waals surface area contributed by atoms with Crippen molar-refractivity contribution in [3.63, 3.8) is 0 Å². The molecular weight excluding hydrogens is 392 g/mol. The van der Waals surface area contributed by atoms with E-state index in [2.05, 4.69) is 30.7 Å². The van der Waals surface area contributed by atoms with Crippen molar-refractivity contribution < 1.29 is 17.6 Å². The van der Waals surface area contributed by atoms with Crippen LogP contribution in [0, 0.1) is 19.8 Å². The molecule has 3 heterocycles. The summed E-state index contributed by atoms with van der Waals surface area (Å²) < 4.78 is 56.4. The van der Waals surface area contributed by atoms with Crippen molar-refractivity contribution in [3.05, 3.63) is 40.9 Å². The lowest BCUT2D eigenvalue weighted by molar-refractivity contribution is -0.141. The first-order valence-corrected chi connectivity index (χ1v) is 8.59. The van der Waals surface area contributed by atoms with Gasteiger partial charge >= 0.3 is 6.18 Å². The van der Waals surface area contributed by atoms with Crippen LogP contribution in [-0.2, 0) is 19.8 Å². The number of nitrogens with one attached hydrogen (secondary N) is 1. The van der Waals surface area contributed by atoms with Crippen LogP contribution in [0.3, 0.4) is 0 Å². The normalized spacial score (nSPS) is 12.1. The number of alkyl halides is 3. The predicted molar refractivity (Wildman–Crippen MR) is 97.8 cm³/mol. The molecule has 12 heteroatoms. The van der Waals surface area contributed by atoms with Gasteiger partial charge in [0.05, 0.1) is 28.9 Å². The Morgan fingerprint density at radius 1 is 1.17 bits per heavy atom. The third-order valence-electron chi connectivity index (χ3n) is 4.12. The molecule has 0 aliphatic heterocycles. The van der Waals surface area contributed by atoms with Gasteiger partial charge in [-0.2, -0.15) is 32.9 Å². The molecule has 0 spiro atoms. The maximum atomic E-state index is 13.9. The molecule has 0 atom stereocenters. The first-order chi connectivity index (χ1) is 13.6. The Kier molecular flexibility index (Phi) is 5.36. The number of anilines is 1. The zero-order chi connectivity index (χ0) is 21.3. The van der Waals surface area contributed by atoms with Crippen LogP contribution in [-0.4, -0.2) is 35.7 Å². The Bertz CT molecular complexity index is 1060. The summed E-state index contributed by atoms with van der Waals surface area (Å²) in [6.07, 6.45) is -1.96. The zero-order valence-electron chi connectivity index (χ0n) is 16.1. The Morgan fingerprint density at radius 3 is 2.45 bits per heavy atom. The minimum atomic E-state index is -4.68. The number of nitrogens with zero attached hydrogens (tertiary/aromatic N) is 7. The molecule has 0 bridgehead atoms. The van der Waals surface area contributed by atoms with Crippen LogP contribution in [0.2, 0.25) is 0 Å². The molecule has 0 fully saturated rings. The van der Waals surface area contributed by atoms with E-state index in [1.54, 1.807) is 24.7 Å². The van der Waals surface area contributed by atoms with E-state index in [9.17, 15) is 17.6 Å². The van der Waals surface area contributed by atoms with Gasteiger partial charge in [0.25, 0.3) is 0 Å². The molecule has 0 unspecified atom stereocenters. The highest BCUT2D eigenvalue weighted by molar-refractivity contribution is 5.81. The third-order valence-corrected chi connectivity index (χ3v) is 4.12. The summed E-state index contributed by atoms with van der Waals surface area (Å²) in [7, 11) is 1.42. The Hall–Kier alpha value is -3.31. The largest absolute Gasteiger partial charge is 0.433 e. The SMILES string of the molecule is CCn1cc(-c2cc(C(F)(F)F)nc(NN=Cc3c(C)nn(C)c3F)n2)c(C)n1. The van der Waals surface area contributed by atoms with Crippen LogP contribution in [0.5, 0.6) is 0 Å². The standard InChI is InChI=1S/C17H18F4N8/c1-5-29-8-12(10(3)27-29)13-6-14(17(19,20)21)24-16(23-13)25-22-7-11-9(2)26-28(4)15(11)18/h6-8H,5H2,1-4H3,(H,23,24,25). The minimum absolute atomic E-state index is 0.0472. The first-order valence-electron chi connectivity index (χ1n) is 8.59. The van der Waals surface area contributed by atoms with Crippen molar-refractivity contribution in [2.24, 2.45) is 12.1 Å². The quantitative estimate of drug-likeness (QED) is 0.396. The van der Waals surface area contributed by atoms with E-state index >= 15 is 0 Å². The minimum Gasteiger partial charge on any atom is -0.272 e. The van der Waals surface area contributed by atoms with Gasteiger partial charge in [-0.25, -0.2) is 20.1 Å². The molecule has 1 N–H and O–H groups in total. The van der Waals surface area contributed by atoms with Crippen LogP contribution in [0.25, 0.3) is 11.3 Å². The molecule has 3 aromatic rings. The van der Waals surface area contributed by atoms with Gasteiger partial charge in [0.2, 0.25) is 11.9 Å². The second-order valence-electron chi connectivity index (χ2n) is 6.23. The summed E-state index contributed by atoms with van der Waals surface area (Å²) in [5.74, 6) is -1.00. The van der Waals surface area contributed by atoms with Gasteiger partial charge in [0, 0.05) is 25.4 Å². The van der Waals surface area contributed by atoms with Gasteiger partial charge < -0.3 is 0 Å². The van der Waals surface area contributed by atoms with Gasteiger partial charge in [-0.1, -0.05) is 0 Å². The van der Waals surface area contributed by atoms with E-state index in [1.165, 1.54) is 7.05 Å². The van der Waals surface area contributed by atoms with Crippen LogP contribution in [0.1, 0.15) is 29.6 Å². The monoisotopic (exact) mass is 410 g/mol. The maximum absolute atomic E-state index is 13.9. The predicted octanol–water partition coefficient (Wildman–Crippen LogP) is 3.31. The number of hydrogen-bond donors (Lipinski definition) is 1. The van der Waals surface area contributed by atoms with Crippen molar-refractivity contribution in [1.29, 1.82) is 0 Å². The summed E-state index contributed by atoms with van der Waals surface area (Å²) in [6.45, 7) is 5.68. The fourth-order valence-corrected chi connectivity index (χ4v) is 2.66. The Labute approximate surface area is 163 Å². The van der Waals surface area contributed by atoms with Gasteiger partial charge in [-0.05, 0) is 26.8 Å². The van der Waals surface area contributed by atoms with Gasteiger partial charge in [0.15, 0.2) is 5.69 Å². The molecule has 3 rings (SSSR count). The number of halogens is 4. The molecule has 0 saturated heterocycles. The summed E-state index contributed by atoms with van der Waals surface area (Å²) in [5.41, 5.74) is 2.71. The summed E-state index contributed by atoms with van der Waals surface area (Å²) in [4.78, 5) is 7.57. The Balaban J connectivity index is 1.97. The van der Waals surface area contributed by atoms with Crippen molar-refractivity contribution in [2.75, 3.05) is 5.43 Å². The molecule has 0 saturated carbocycles. The highest BCUT2D eigenvalue weighted by atomic mass is 19.4. The van der Waals surface area contributed by atoms with E-state index in [4.69, 9.17) is 0 Å². The number of rotatable bonds is 5. The molecule has 0 aliphatic rings. The maximum Gasteiger partial charge on any atom is 0.433 e. The molecule has 154 valence electrons. The first kappa shape index (κ1) is 20.4. The average Bonchev–Trinajstić information content (AvgIpc) is 3.14. The van der Waals surface area contributed by atoms with E-state index in [1.807, 2.05) is 6.92 Å². The number of aromatic nitrogens is 6. The second kappa shape index (κ2) is 7.60. The van der Waals surface area contributed by atoms with Gasteiger partial charge in [-0.15, -0.1) is 0 Å². The number of hydrogen-bond acceptors (Lipinski definition) is 6. The topological polar surface area (TPSA) is 85.8 Å². The molecular formula is C17H18F4N8. The van der Waals surface area contributed by atoms with Crippen LogP contribution in [0.4, 0.5) is 23.5 Å². The van der Waals surface area contributed by atoms with E-state index in [-0.39, 0.29) is 17.2 Å². The molecule has 0 radical (unpaired) electrons. The van der Waals surface area contributed by atoms with E-state index < -0.39 is 17.8 Å².